The lowest BCUT2D eigenvalue weighted by atomic mass is 9.86. The van der Waals surface area contributed by atoms with E-state index in [-0.39, 0.29) is 5.60 Å². The topological polar surface area (TPSA) is 70.6 Å². The van der Waals surface area contributed by atoms with E-state index < -0.39 is 23.1 Å². The van der Waals surface area contributed by atoms with Gasteiger partial charge in [-0.3, -0.25) is 0 Å². The molecule has 0 aliphatic carbocycles. The van der Waals surface area contributed by atoms with Crippen molar-refractivity contribution in [3.8, 4) is 5.75 Å². The second-order valence-corrected chi connectivity index (χ2v) is 10.4. The molecule has 0 saturated heterocycles. The van der Waals surface area contributed by atoms with Crippen molar-refractivity contribution in [2.24, 2.45) is 0 Å². The number of nitrogens with one attached hydrogen (secondary N) is 1. The van der Waals surface area contributed by atoms with Crippen LogP contribution < -0.4 is 10.1 Å². The quantitative estimate of drug-likeness (QED) is 0.446. The van der Waals surface area contributed by atoms with E-state index in [0.29, 0.717) is 43.1 Å². The highest BCUT2D eigenvalue weighted by Gasteiger charge is 2.41. The maximum Gasteiger partial charge on any atom is 0.336 e. The number of hydrogen-bond acceptors (Lipinski definition) is 5. The molecule has 0 fully saturated rings. The van der Waals surface area contributed by atoms with E-state index in [2.05, 4.69) is 5.32 Å². The van der Waals surface area contributed by atoms with Gasteiger partial charge < -0.3 is 19.3 Å². The number of allylic oxidation sites excluding steroid dienone is 3. The fourth-order valence-corrected chi connectivity index (χ4v) is 5.39. The number of carbonyl (C=O) groups is 1. The van der Waals surface area contributed by atoms with Crippen LogP contribution in [-0.4, -0.2) is 23.2 Å². The van der Waals surface area contributed by atoms with Crippen molar-refractivity contribution in [3.63, 3.8) is 0 Å². The molecular formula is C25H28ClNO4S. The van der Waals surface area contributed by atoms with Crippen molar-refractivity contribution < 1.29 is 18.8 Å². The van der Waals surface area contributed by atoms with Gasteiger partial charge in [0.15, 0.2) is 9.80 Å². The molecule has 0 bridgehead atoms. The van der Waals surface area contributed by atoms with Gasteiger partial charge in [-0.15, -0.1) is 0 Å². The third-order valence-corrected chi connectivity index (χ3v) is 6.97. The molecule has 1 aliphatic rings. The van der Waals surface area contributed by atoms with E-state index in [1.165, 1.54) is 7.11 Å². The Balaban J connectivity index is 2.09. The summed E-state index contributed by atoms with van der Waals surface area (Å²) in [5.41, 5.74) is 2.12. The number of carbonyl (C=O) groups excluding carboxylic acids is 1. The van der Waals surface area contributed by atoms with Crippen molar-refractivity contribution in [1.82, 2.24) is 5.32 Å². The van der Waals surface area contributed by atoms with Crippen LogP contribution in [0.2, 0.25) is 5.02 Å². The summed E-state index contributed by atoms with van der Waals surface area (Å²) in [6.07, 6.45) is 0. The molecular weight excluding hydrogens is 446 g/mol. The lowest BCUT2D eigenvalue weighted by molar-refractivity contribution is -0.136. The van der Waals surface area contributed by atoms with Gasteiger partial charge in [0.2, 0.25) is 0 Å². The summed E-state index contributed by atoms with van der Waals surface area (Å²) < 4.78 is 24.8. The molecule has 0 spiro atoms. The number of halogens is 1. The highest BCUT2D eigenvalue weighted by molar-refractivity contribution is 7.95. The number of ether oxygens (including phenoxy) is 2. The van der Waals surface area contributed by atoms with Crippen LogP contribution in [0.5, 0.6) is 5.75 Å². The molecule has 0 aromatic heterocycles. The zero-order valence-corrected chi connectivity index (χ0v) is 20.7. The Hall–Kier alpha value is -2.41. The molecule has 2 unspecified atom stereocenters. The van der Waals surface area contributed by atoms with Gasteiger partial charge in [0.25, 0.3) is 0 Å². The average molecular weight is 474 g/mol. The molecule has 2 atom stereocenters. The Morgan fingerprint density at radius 2 is 1.69 bits per heavy atom. The Morgan fingerprint density at radius 1 is 1.06 bits per heavy atom. The van der Waals surface area contributed by atoms with Crippen LogP contribution in [0.3, 0.4) is 0 Å². The first-order valence-corrected chi connectivity index (χ1v) is 11.8. The van der Waals surface area contributed by atoms with Crippen LogP contribution in [0.4, 0.5) is 0 Å². The molecule has 170 valence electrons. The first-order chi connectivity index (χ1) is 15.0. The van der Waals surface area contributed by atoms with Gasteiger partial charge in [-0.2, -0.15) is 0 Å². The molecule has 3 rings (SSSR count). The van der Waals surface area contributed by atoms with Crippen molar-refractivity contribution in [3.05, 3.63) is 81.0 Å². The summed E-state index contributed by atoms with van der Waals surface area (Å²) in [6, 6.07) is 14.4. The standard InChI is InChI=1S/C25H28ClNO4S/c1-15-21(24(28)30-6)22(19-9-7-8-10-20(19)26)23(16(2)27-15)32(29)18-13-11-17(12-14-18)31-25(3,4)5/h7-14,22,27H,1-6H3. The van der Waals surface area contributed by atoms with Crippen LogP contribution in [0.25, 0.3) is 0 Å². The van der Waals surface area contributed by atoms with Crippen LogP contribution in [-0.2, 0) is 20.7 Å². The fraction of sp³-hybridized carbons (Fsp3) is 0.320. The maximum absolute atomic E-state index is 13.8. The zero-order valence-electron chi connectivity index (χ0n) is 19.1. The van der Waals surface area contributed by atoms with E-state index in [9.17, 15) is 9.35 Å². The number of rotatable bonds is 5. The predicted molar refractivity (Wildman–Crippen MR) is 128 cm³/mol. The summed E-state index contributed by atoms with van der Waals surface area (Å²) in [4.78, 5) is 13.9. The fourth-order valence-electron chi connectivity index (χ4n) is 3.72. The lowest BCUT2D eigenvalue weighted by Gasteiger charge is -2.31. The molecule has 7 heteroatoms. The van der Waals surface area contributed by atoms with E-state index in [0.717, 1.165) is 0 Å². The summed E-state index contributed by atoms with van der Waals surface area (Å²) in [5, 5.41) is 3.70. The first-order valence-electron chi connectivity index (χ1n) is 10.3. The van der Waals surface area contributed by atoms with Gasteiger partial charge in [-0.05, 0) is 70.5 Å². The molecule has 1 aliphatic heterocycles. The van der Waals surface area contributed by atoms with Crippen LogP contribution in [0.1, 0.15) is 46.1 Å². The Labute approximate surface area is 197 Å². The molecule has 0 radical (unpaired) electrons. The van der Waals surface area contributed by atoms with Crippen molar-refractivity contribution in [2.75, 3.05) is 7.11 Å². The first kappa shape index (κ1) is 24.2. The van der Waals surface area contributed by atoms with Gasteiger partial charge in [0.05, 0.1) is 24.3 Å². The molecule has 32 heavy (non-hydrogen) atoms. The van der Waals surface area contributed by atoms with Crippen molar-refractivity contribution in [1.29, 1.82) is 0 Å². The summed E-state index contributed by atoms with van der Waals surface area (Å²) >= 11 is 4.97. The number of methoxy groups -OCH3 is 1. The summed E-state index contributed by atoms with van der Waals surface area (Å²) in [5.74, 6) is -0.404. The second-order valence-electron chi connectivity index (χ2n) is 8.55. The smallest absolute Gasteiger partial charge is 0.336 e. The van der Waals surface area contributed by atoms with E-state index >= 15 is 0 Å². The average Bonchev–Trinajstić information content (AvgIpc) is 2.72. The van der Waals surface area contributed by atoms with Crippen LogP contribution in [0, 0.1) is 0 Å². The summed E-state index contributed by atoms with van der Waals surface area (Å²) in [6.45, 7) is 9.57. The van der Waals surface area contributed by atoms with Gasteiger partial charge in [-0.1, -0.05) is 29.8 Å². The maximum atomic E-state index is 13.8. The van der Waals surface area contributed by atoms with Crippen molar-refractivity contribution in [2.45, 2.75) is 51.0 Å². The zero-order chi connectivity index (χ0) is 23.6. The van der Waals surface area contributed by atoms with Crippen LogP contribution in [0.15, 0.2) is 75.3 Å². The Morgan fingerprint density at radius 3 is 2.25 bits per heavy atom. The SMILES string of the molecule is COC(=O)C1=C(C)NC(C)=C([S+]([O-])c2ccc(OC(C)(C)C)cc2)C1c1ccccc1Cl. The second kappa shape index (κ2) is 9.61. The van der Waals surface area contributed by atoms with Gasteiger partial charge >= 0.3 is 5.97 Å². The molecule has 1 N–H and O–H groups in total. The Bertz CT molecular complexity index is 1070. The molecule has 2 aromatic carbocycles. The van der Waals surface area contributed by atoms with E-state index in [1.807, 2.05) is 45.9 Å². The lowest BCUT2D eigenvalue weighted by Crippen LogP contribution is -2.31. The number of hydrogen-bond donors (Lipinski definition) is 1. The molecule has 0 saturated carbocycles. The molecule has 5 nitrogen and oxygen atoms in total. The summed E-state index contributed by atoms with van der Waals surface area (Å²) in [7, 11) is 1.34. The Kier molecular flexibility index (Phi) is 7.28. The number of benzene rings is 2. The third-order valence-electron chi connectivity index (χ3n) is 4.98. The van der Waals surface area contributed by atoms with Gasteiger partial charge in [0, 0.05) is 21.9 Å². The van der Waals surface area contributed by atoms with Crippen molar-refractivity contribution >= 4 is 28.7 Å². The van der Waals surface area contributed by atoms with E-state index in [1.54, 1.807) is 37.3 Å². The van der Waals surface area contributed by atoms with Gasteiger partial charge in [-0.25, -0.2) is 4.79 Å². The molecule has 2 aromatic rings. The highest BCUT2D eigenvalue weighted by Crippen LogP contribution is 2.45. The van der Waals surface area contributed by atoms with E-state index in [4.69, 9.17) is 21.1 Å². The monoisotopic (exact) mass is 473 g/mol. The largest absolute Gasteiger partial charge is 0.607 e. The molecule has 0 amide bonds. The number of esters is 1. The van der Waals surface area contributed by atoms with Gasteiger partial charge in [0.1, 0.15) is 11.4 Å². The van der Waals surface area contributed by atoms with Crippen LogP contribution >= 0.6 is 11.6 Å². The predicted octanol–water partition coefficient (Wildman–Crippen LogP) is 5.69. The minimum atomic E-state index is -1.56. The minimum absolute atomic E-state index is 0.333. The normalized spacial score (nSPS) is 17.7. The minimum Gasteiger partial charge on any atom is -0.607 e. The third kappa shape index (κ3) is 5.14. The highest BCUT2D eigenvalue weighted by atomic mass is 35.5. The number of dihydropyridines is 1. The molecule has 1 heterocycles.